The Kier molecular flexibility index (Phi) is 15.5. The summed E-state index contributed by atoms with van der Waals surface area (Å²) in [6, 6.07) is 0. The van der Waals surface area contributed by atoms with E-state index in [0.717, 1.165) is 0 Å². The van der Waals surface area contributed by atoms with Gasteiger partial charge >= 0.3 is 0 Å². The average Bonchev–Trinajstić information content (AvgIpc) is 2.35. The molecule has 0 saturated heterocycles. The molecule has 0 bridgehead atoms. The van der Waals surface area contributed by atoms with Crippen LogP contribution in [0.1, 0.15) is 97.3 Å². The van der Waals surface area contributed by atoms with Gasteiger partial charge in [-0.05, 0) is 25.7 Å². The molecule has 0 rings (SSSR count). The van der Waals surface area contributed by atoms with Gasteiger partial charge < -0.3 is 0 Å². The molecule has 0 aliphatic heterocycles. The highest BCUT2D eigenvalue weighted by molar-refractivity contribution is 4.81. The summed E-state index contributed by atoms with van der Waals surface area (Å²) in [5.41, 5.74) is 0. The van der Waals surface area contributed by atoms with Crippen molar-refractivity contribution in [3.63, 3.8) is 0 Å². The largest absolute Gasteiger partial charge is 0.0885 e. The fourth-order valence-corrected chi connectivity index (χ4v) is 2.14. The highest BCUT2D eigenvalue weighted by Crippen LogP contribution is 2.08. The van der Waals surface area contributed by atoms with Gasteiger partial charge in [0, 0.05) is 0 Å². The van der Waals surface area contributed by atoms with E-state index in [1.54, 1.807) is 0 Å². The Bertz CT molecular complexity index is 146. The lowest BCUT2D eigenvalue weighted by atomic mass is 10.1. The topological polar surface area (TPSA) is 0 Å². The number of unbranched alkanes of at least 4 members (excludes halogenated alkanes) is 11. The quantitative estimate of drug-likeness (QED) is 0.249. The molecule has 0 radical (unpaired) electrons. The first-order chi connectivity index (χ1) is 8.41. The third-order valence-electron chi connectivity index (χ3n) is 3.37. The van der Waals surface area contributed by atoms with Gasteiger partial charge in [-0.2, -0.15) is 0 Å². The van der Waals surface area contributed by atoms with E-state index in [-0.39, 0.29) is 0 Å². The highest BCUT2D eigenvalue weighted by Gasteiger charge is 1.89. The van der Waals surface area contributed by atoms with Gasteiger partial charge in [0.1, 0.15) is 0 Å². The maximum atomic E-state index is 2.40. The fraction of sp³-hybridized carbons (Fsp3) is 0.882. The fourth-order valence-electron chi connectivity index (χ4n) is 2.14. The van der Waals surface area contributed by atoms with Gasteiger partial charge in [-0.1, -0.05) is 83.8 Å². The van der Waals surface area contributed by atoms with Crippen LogP contribution < -0.4 is 0 Å². The molecular formula is C17H34. The molecular weight excluding hydrogens is 204 g/mol. The molecule has 0 atom stereocenters. The van der Waals surface area contributed by atoms with Gasteiger partial charge in [-0.15, -0.1) is 0 Å². The van der Waals surface area contributed by atoms with Crippen molar-refractivity contribution in [1.82, 2.24) is 0 Å². The minimum atomic E-state index is 1.31. The molecule has 0 saturated carbocycles. The van der Waals surface area contributed by atoms with Crippen LogP contribution in [0, 0.1) is 0 Å². The van der Waals surface area contributed by atoms with Crippen molar-refractivity contribution in [3.8, 4) is 0 Å². The summed E-state index contributed by atoms with van der Waals surface area (Å²) in [6.07, 6.45) is 22.9. The maximum Gasteiger partial charge on any atom is -0.0351 e. The van der Waals surface area contributed by atoms with Gasteiger partial charge in [-0.25, -0.2) is 0 Å². The van der Waals surface area contributed by atoms with Crippen molar-refractivity contribution in [2.45, 2.75) is 97.3 Å². The van der Waals surface area contributed by atoms with Crippen molar-refractivity contribution < 1.29 is 0 Å². The minimum absolute atomic E-state index is 1.31. The molecule has 0 N–H and O–H groups in total. The van der Waals surface area contributed by atoms with Crippen LogP contribution in [0.15, 0.2) is 12.2 Å². The summed E-state index contributed by atoms with van der Waals surface area (Å²) in [5.74, 6) is 0. The van der Waals surface area contributed by atoms with E-state index < -0.39 is 0 Å². The van der Waals surface area contributed by atoms with Gasteiger partial charge in [0.25, 0.3) is 0 Å². The summed E-state index contributed by atoms with van der Waals surface area (Å²) in [5, 5.41) is 0. The predicted molar refractivity (Wildman–Crippen MR) is 80.5 cm³/mol. The van der Waals surface area contributed by atoms with Gasteiger partial charge in [0.15, 0.2) is 0 Å². The molecule has 0 fully saturated rings. The molecule has 0 aliphatic rings. The number of hydrogen-bond acceptors (Lipinski definition) is 0. The summed E-state index contributed by atoms with van der Waals surface area (Å²) in [7, 11) is 0. The molecule has 0 aromatic rings. The van der Waals surface area contributed by atoms with Crippen LogP contribution in [0.3, 0.4) is 0 Å². The van der Waals surface area contributed by atoms with Crippen LogP contribution in [0.25, 0.3) is 0 Å². The Morgan fingerprint density at radius 1 is 0.471 bits per heavy atom. The molecule has 0 heteroatoms. The standard InChI is InChI=1S/C17H34/c1-3-5-7-9-11-13-15-17-16-14-12-10-8-6-4-2/h15,17H,3-14,16H2,1-2H3/b17-15-. The van der Waals surface area contributed by atoms with Gasteiger partial charge in [0.05, 0.1) is 0 Å². The zero-order chi connectivity index (χ0) is 12.6. The summed E-state index contributed by atoms with van der Waals surface area (Å²) >= 11 is 0. The Hall–Kier alpha value is -0.260. The molecule has 0 aromatic carbocycles. The second-order valence-corrected chi connectivity index (χ2v) is 5.23. The van der Waals surface area contributed by atoms with Crippen LogP contribution in [0.2, 0.25) is 0 Å². The Balaban J connectivity index is 2.99. The molecule has 102 valence electrons. The molecule has 0 unspecified atom stereocenters. The van der Waals surface area contributed by atoms with Crippen LogP contribution >= 0.6 is 0 Å². The highest BCUT2D eigenvalue weighted by atomic mass is 13.9. The zero-order valence-corrected chi connectivity index (χ0v) is 12.3. The smallest absolute Gasteiger partial charge is 0.0351 e. The average molecular weight is 238 g/mol. The Morgan fingerprint density at radius 2 is 0.824 bits per heavy atom. The van der Waals surface area contributed by atoms with Crippen molar-refractivity contribution in [3.05, 3.63) is 12.2 Å². The lowest BCUT2D eigenvalue weighted by Gasteiger charge is -1.98. The maximum absolute atomic E-state index is 2.40. The SMILES string of the molecule is CCCCCCC/C=C\CCCCCCCC. The molecule has 0 nitrogen and oxygen atoms in total. The van der Waals surface area contributed by atoms with E-state index in [9.17, 15) is 0 Å². The van der Waals surface area contributed by atoms with Crippen LogP contribution in [-0.4, -0.2) is 0 Å². The van der Waals surface area contributed by atoms with Crippen molar-refractivity contribution in [2.75, 3.05) is 0 Å². The third-order valence-corrected chi connectivity index (χ3v) is 3.37. The second kappa shape index (κ2) is 15.7. The van der Waals surface area contributed by atoms with E-state index in [0.29, 0.717) is 0 Å². The van der Waals surface area contributed by atoms with E-state index in [1.807, 2.05) is 0 Å². The Morgan fingerprint density at radius 3 is 1.24 bits per heavy atom. The first-order valence-corrected chi connectivity index (χ1v) is 8.06. The number of rotatable bonds is 13. The summed E-state index contributed by atoms with van der Waals surface area (Å²) in [4.78, 5) is 0. The van der Waals surface area contributed by atoms with Gasteiger partial charge in [-0.3, -0.25) is 0 Å². The van der Waals surface area contributed by atoms with Gasteiger partial charge in [0.2, 0.25) is 0 Å². The number of allylic oxidation sites excluding steroid dienone is 2. The van der Waals surface area contributed by atoms with E-state index in [4.69, 9.17) is 0 Å². The number of hydrogen-bond donors (Lipinski definition) is 0. The molecule has 0 aliphatic carbocycles. The van der Waals surface area contributed by atoms with Crippen LogP contribution in [0.5, 0.6) is 0 Å². The van der Waals surface area contributed by atoms with Crippen LogP contribution in [-0.2, 0) is 0 Å². The normalized spacial score (nSPS) is 11.4. The monoisotopic (exact) mass is 238 g/mol. The van der Waals surface area contributed by atoms with Crippen molar-refractivity contribution in [1.29, 1.82) is 0 Å². The first-order valence-electron chi connectivity index (χ1n) is 8.06. The lowest BCUT2D eigenvalue weighted by molar-refractivity contribution is 0.610. The second-order valence-electron chi connectivity index (χ2n) is 5.23. The first kappa shape index (κ1) is 16.7. The molecule has 0 spiro atoms. The zero-order valence-electron chi connectivity index (χ0n) is 12.3. The Labute approximate surface area is 110 Å². The van der Waals surface area contributed by atoms with Crippen molar-refractivity contribution >= 4 is 0 Å². The lowest BCUT2D eigenvalue weighted by Crippen LogP contribution is -1.78. The van der Waals surface area contributed by atoms with E-state index >= 15 is 0 Å². The van der Waals surface area contributed by atoms with E-state index in [2.05, 4.69) is 26.0 Å². The third kappa shape index (κ3) is 15.7. The molecule has 0 aromatic heterocycles. The molecule has 0 heterocycles. The predicted octanol–water partition coefficient (Wildman–Crippen LogP) is 6.65. The minimum Gasteiger partial charge on any atom is -0.0885 e. The molecule has 17 heavy (non-hydrogen) atoms. The summed E-state index contributed by atoms with van der Waals surface area (Å²) in [6.45, 7) is 4.56. The van der Waals surface area contributed by atoms with Crippen LogP contribution in [0.4, 0.5) is 0 Å². The van der Waals surface area contributed by atoms with E-state index in [1.165, 1.54) is 83.5 Å². The van der Waals surface area contributed by atoms with Crippen molar-refractivity contribution in [2.24, 2.45) is 0 Å². The molecule has 0 amide bonds. The summed E-state index contributed by atoms with van der Waals surface area (Å²) < 4.78 is 0.